The molecule has 0 bridgehead atoms. The molecule has 1 aromatic rings. The van der Waals surface area contributed by atoms with Crippen molar-refractivity contribution in [1.29, 1.82) is 0 Å². The van der Waals surface area contributed by atoms with Crippen molar-refractivity contribution in [3.63, 3.8) is 0 Å². The molecule has 1 heterocycles. The van der Waals surface area contributed by atoms with E-state index in [1.807, 2.05) is 39.0 Å². The van der Waals surface area contributed by atoms with Crippen LogP contribution in [0.3, 0.4) is 0 Å². The van der Waals surface area contributed by atoms with Gasteiger partial charge >= 0.3 is 0 Å². The predicted molar refractivity (Wildman–Crippen MR) is 123 cm³/mol. The Bertz CT molecular complexity index is 812. The molecular weight excluding hydrogens is 416 g/mol. The molecule has 31 heavy (non-hydrogen) atoms. The number of sulfonamides is 1. The molecule has 176 valence electrons. The molecule has 1 aliphatic heterocycles. The van der Waals surface area contributed by atoms with Gasteiger partial charge in [-0.15, -0.1) is 0 Å². The van der Waals surface area contributed by atoms with Crippen molar-refractivity contribution < 1.29 is 22.7 Å². The van der Waals surface area contributed by atoms with Gasteiger partial charge in [0.05, 0.1) is 30.9 Å². The molecule has 0 saturated carbocycles. The van der Waals surface area contributed by atoms with E-state index in [0.29, 0.717) is 50.5 Å². The molecule has 8 heteroatoms. The molecule has 2 unspecified atom stereocenters. The zero-order valence-corrected chi connectivity index (χ0v) is 20.2. The second-order valence-corrected chi connectivity index (χ2v) is 10.2. The summed E-state index contributed by atoms with van der Waals surface area (Å²) in [7, 11) is -3.28. The quantitative estimate of drug-likeness (QED) is 0.518. The van der Waals surface area contributed by atoms with Gasteiger partial charge in [-0.2, -0.15) is 0 Å². The molecule has 0 radical (unpaired) electrons. The maximum atomic E-state index is 12.9. The Morgan fingerprint density at radius 2 is 1.81 bits per heavy atom. The van der Waals surface area contributed by atoms with Crippen molar-refractivity contribution in [3.8, 4) is 11.5 Å². The summed E-state index contributed by atoms with van der Waals surface area (Å²) in [6, 6.07) is 5.52. The first-order valence-corrected chi connectivity index (χ1v) is 13.1. The summed E-state index contributed by atoms with van der Waals surface area (Å²) in [4.78, 5) is 12.9. The van der Waals surface area contributed by atoms with Crippen molar-refractivity contribution in [2.75, 3.05) is 32.1 Å². The highest BCUT2D eigenvalue weighted by molar-refractivity contribution is 7.89. The van der Waals surface area contributed by atoms with Gasteiger partial charge in [0.2, 0.25) is 15.9 Å². The van der Waals surface area contributed by atoms with Crippen molar-refractivity contribution in [3.05, 3.63) is 23.8 Å². The van der Waals surface area contributed by atoms with Crippen LogP contribution in [0.15, 0.2) is 18.2 Å². The van der Waals surface area contributed by atoms with E-state index in [1.165, 1.54) is 4.31 Å². The molecule has 0 aliphatic carbocycles. The third-order valence-corrected chi connectivity index (χ3v) is 7.40. The van der Waals surface area contributed by atoms with Crippen LogP contribution in [0.2, 0.25) is 0 Å². The molecule has 2 rings (SSSR count). The Hall–Kier alpha value is -1.80. The van der Waals surface area contributed by atoms with Crippen molar-refractivity contribution >= 4 is 15.9 Å². The molecule has 7 nitrogen and oxygen atoms in total. The maximum absolute atomic E-state index is 12.9. The lowest BCUT2D eigenvalue weighted by Gasteiger charge is -2.32. The molecule has 1 amide bonds. The number of amides is 1. The molecule has 2 atom stereocenters. The van der Waals surface area contributed by atoms with Gasteiger partial charge in [-0.3, -0.25) is 4.79 Å². The minimum absolute atomic E-state index is 0.105. The molecule has 0 aromatic heterocycles. The number of rotatable bonds is 12. The Morgan fingerprint density at radius 1 is 1.13 bits per heavy atom. The van der Waals surface area contributed by atoms with E-state index in [9.17, 15) is 13.2 Å². The number of nitrogens with zero attached hydrogens (tertiary/aromatic N) is 1. The normalized spacial score (nSPS) is 18.4. The first-order valence-electron chi connectivity index (χ1n) is 11.5. The summed E-state index contributed by atoms with van der Waals surface area (Å²) >= 11 is 0. The fourth-order valence-corrected chi connectivity index (χ4v) is 5.25. The number of carbonyl (C=O) groups excluding carboxylic acids is 1. The number of ether oxygens (including phenoxy) is 2. The van der Waals surface area contributed by atoms with E-state index in [2.05, 4.69) is 12.2 Å². The second kappa shape index (κ2) is 12.3. The Morgan fingerprint density at radius 3 is 2.45 bits per heavy atom. The molecule has 1 aliphatic rings. The Labute approximate surface area is 187 Å². The van der Waals surface area contributed by atoms with Gasteiger partial charge in [-0.05, 0) is 56.7 Å². The summed E-state index contributed by atoms with van der Waals surface area (Å²) in [5.74, 6) is 1.09. The third kappa shape index (κ3) is 7.38. The Kier molecular flexibility index (Phi) is 10.1. The summed E-state index contributed by atoms with van der Waals surface area (Å²) in [5.41, 5.74) is 0.926. The number of hydrogen-bond donors (Lipinski definition) is 1. The minimum Gasteiger partial charge on any atom is -0.490 e. The average Bonchev–Trinajstić information content (AvgIpc) is 2.76. The number of piperidine rings is 1. The fourth-order valence-electron chi connectivity index (χ4n) is 3.66. The largest absolute Gasteiger partial charge is 0.490 e. The summed E-state index contributed by atoms with van der Waals surface area (Å²) in [6.07, 6.45) is 3.78. The van der Waals surface area contributed by atoms with E-state index in [0.717, 1.165) is 18.4 Å². The van der Waals surface area contributed by atoms with E-state index in [-0.39, 0.29) is 30.2 Å². The van der Waals surface area contributed by atoms with Crippen LogP contribution in [0, 0.1) is 5.92 Å². The van der Waals surface area contributed by atoms with Crippen LogP contribution in [0.1, 0.15) is 71.4 Å². The highest BCUT2D eigenvalue weighted by Crippen LogP contribution is 2.31. The van der Waals surface area contributed by atoms with Crippen LogP contribution in [0.5, 0.6) is 11.5 Å². The molecule has 0 spiro atoms. The highest BCUT2D eigenvalue weighted by atomic mass is 32.2. The number of nitrogens with one attached hydrogen (secondary N) is 1. The SMILES string of the molecule is CCCOc1ccc(C(C)NC(=O)C2CCCN(S(=O)(=O)CCC)C2)cc1OCCC. The number of carbonyl (C=O) groups is 1. The van der Waals surface area contributed by atoms with Crippen LogP contribution in [-0.4, -0.2) is 50.7 Å². The first kappa shape index (κ1) is 25.5. The van der Waals surface area contributed by atoms with Crippen molar-refractivity contribution in [2.24, 2.45) is 5.92 Å². The second-order valence-electron chi connectivity index (χ2n) is 8.15. The fraction of sp³-hybridized carbons (Fsp3) is 0.696. The van der Waals surface area contributed by atoms with Gasteiger partial charge in [-0.25, -0.2) is 12.7 Å². The van der Waals surface area contributed by atoms with Crippen molar-refractivity contribution in [1.82, 2.24) is 9.62 Å². The van der Waals surface area contributed by atoms with Crippen LogP contribution < -0.4 is 14.8 Å². The van der Waals surface area contributed by atoms with Crippen LogP contribution >= 0.6 is 0 Å². The standard InChI is InChI=1S/C23H38N2O5S/c1-5-13-29-21-11-10-19(16-22(21)30-14-6-2)18(4)24-23(26)20-9-8-12-25(17-20)31(27,28)15-7-3/h10-11,16,18,20H,5-9,12-15,17H2,1-4H3,(H,24,26). The molecule has 1 N–H and O–H groups in total. The highest BCUT2D eigenvalue weighted by Gasteiger charge is 2.32. The Balaban J connectivity index is 2.06. The lowest BCUT2D eigenvalue weighted by Crippen LogP contribution is -2.46. The monoisotopic (exact) mass is 454 g/mol. The maximum Gasteiger partial charge on any atom is 0.224 e. The van der Waals surface area contributed by atoms with Crippen LogP contribution in [-0.2, 0) is 14.8 Å². The summed E-state index contributed by atoms with van der Waals surface area (Å²) in [6.45, 7) is 9.85. The third-order valence-electron chi connectivity index (χ3n) is 5.36. The van der Waals surface area contributed by atoms with Gasteiger partial charge in [0.15, 0.2) is 11.5 Å². The minimum atomic E-state index is -3.28. The van der Waals surface area contributed by atoms with Gasteiger partial charge in [0.25, 0.3) is 0 Å². The number of hydrogen-bond acceptors (Lipinski definition) is 5. The molecular formula is C23H38N2O5S. The van der Waals surface area contributed by atoms with Gasteiger partial charge in [0.1, 0.15) is 0 Å². The number of benzene rings is 1. The predicted octanol–water partition coefficient (Wildman–Crippen LogP) is 3.89. The summed E-state index contributed by atoms with van der Waals surface area (Å²) < 4.78 is 37.9. The van der Waals surface area contributed by atoms with E-state index >= 15 is 0 Å². The smallest absolute Gasteiger partial charge is 0.224 e. The van der Waals surface area contributed by atoms with Crippen LogP contribution in [0.25, 0.3) is 0 Å². The zero-order valence-electron chi connectivity index (χ0n) is 19.4. The average molecular weight is 455 g/mol. The molecule has 1 aromatic carbocycles. The lowest BCUT2D eigenvalue weighted by molar-refractivity contribution is -0.126. The van der Waals surface area contributed by atoms with Gasteiger partial charge in [0, 0.05) is 13.1 Å². The van der Waals surface area contributed by atoms with Gasteiger partial charge < -0.3 is 14.8 Å². The zero-order chi connectivity index (χ0) is 22.9. The van der Waals surface area contributed by atoms with Crippen LogP contribution in [0.4, 0.5) is 0 Å². The van der Waals surface area contributed by atoms with E-state index in [1.54, 1.807) is 0 Å². The van der Waals surface area contributed by atoms with E-state index in [4.69, 9.17) is 9.47 Å². The lowest BCUT2D eigenvalue weighted by atomic mass is 9.98. The topological polar surface area (TPSA) is 84.9 Å². The molecule has 1 fully saturated rings. The van der Waals surface area contributed by atoms with Crippen molar-refractivity contribution in [2.45, 2.75) is 65.8 Å². The van der Waals surface area contributed by atoms with E-state index < -0.39 is 10.0 Å². The van der Waals surface area contributed by atoms with Gasteiger partial charge in [-0.1, -0.05) is 26.8 Å². The summed E-state index contributed by atoms with van der Waals surface area (Å²) in [5, 5.41) is 3.06. The first-order chi connectivity index (χ1) is 14.8. The molecule has 1 saturated heterocycles.